The zero-order chi connectivity index (χ0) is 13.3. The van der Waals surface area contributed by atoms with Gasteiger partial charge < -0.3 is 9.84 Å². The molecule has 0 aliphatic carbocycles. The molecule has 0 saturated heterocycles. The lowest BCUT2D eigenvalue weighted by Gasteiger charge is -2.09. The van der Waals surface area contributed by atoms with Crippen LogP contribution in [0, 0.1) is 0 Å². The normalized spacial score (nSPS) is 13.4. The van der Waals surface area contributed by atoms with Crippen LogP contribution in [0.1, 0.15) is 32.6 Å². The van der Waals surface area contributed by atoms with Gasteiger partial charge in [0.05, 0.1) is 19.0 Å². The van der Waals surface area contributed by atoms with Crippen molar-refractivity contribution >= 4 is 16.0 Å². The van der Waals surface area contributed by atoms with Gasteiger partial charge in [0, 0.05) is 13.0 Å². The van der Waals surface area contributed by atoms with E-state index < -0.39 is 22.1 Å². The number of aliphatic hydroxyl groups is 1. The number of sulfonamides is 1. The first-order chi connectivity index (χ1) is 7.91. The molecule has 1 atom stereocenters. The van der Waals surface area contributed by atoms with E-state index in [2.05, 4.69) is 9.46 Å². The standard InChI is InChI=1S/C10H21NO5S/c1-3-9(12)6-7-11-17(14,15)8-4-5-10(13)16-2/h9,11-12H,3-8H2,1-2H3. The molecule has 1 unspecified atom stereocenters. The van der Waals surface area contributed by atoms with Gasteiger partial charge in [-0.05, 0) is 19.3 Å². The molecular weight excluding hydrogens is 246 g/mol. The molecule has 0 aromatic rings. The Morgan fingerprint density at radius 2 is 2.12 bits per heavy atom. The smallest absolute Gasteiger partial charge is 0.305 e. The molecule has 17 heavy (non-hydrogen) atoms. The summed E-state index contributed by atoms with van der Waals surface area (Å²) in [6.07, 6.45) is 0.845. The number of ether oxygens (including phenoxy) is 1. The van der Waals surface area contributed by atoms with Crippen LogP contribution >= 0.6 is 0 Å². The number of aliphatic hydroxyl groups excluding tert-OH is 1. The van der Waals surface area contributed by atoms with Gasteiger partial charge in [-0.1, -0.05) is 6.92 Å². The lowest BCUT2D eigenvalue weighted by molar-refractivity contribution is -0.140. The van der Waals surface area contributed by atoms with Crippen molar-refractivity contribution in [3.8, 4) is 0 Å². The van der Waals surface area contributed by atoms with Gasteiger partial charge in [-0.2, -0.15) is 0 Å². The zero-order valence-corrected chi connectivity index (χ0v) is 11.1. The topological polar surface area (TPSA) is 92.7 Å². The zero-order valence-electron chi connectivity index (χ0n) is 10.3. The van der Waals surface area contributed by atoms with Gasteiger partial charge in [0.2, 0.25) is 10.0 Å². The van der Waals surface area contributed by atoms with Crippen molar-refractivity contribution in [1.29, 1.82) is 0 Å². The van der Waals surface area contributed by atoms with Gasteiger partial charge in [-0.15, -0.1) is 0 Å². The lowest BCUT2D eigenvalue weighted by atomic mass is 10.2. The van der Waals surface area contributed by atoms with E-state index in [9.17, 15) is 18.3 Å². The summed E-state index contributed by atoms with van der Waals surface area (Å²) in [4.78, 5) is 10.8. The third kappa shape index (κ3) is 9.08. The molecule has 0 aromatic carbocycles. The average molecular weight is 267 g/mol. The fraction of sp³-hybridized carbons (Fsp3) is 0.900. The molecule has 2 N–H and O–H groups in total. The van der Waals surface area contributed by atoms with Crippen LogP contribution in [0.25, 0.3) is 0 Å². The van der Waals surface area contributed by atoms with Crippen molar-refractivity contribution in [2.75, 3.05) is 19.4 Å². The van der Waals surface area contributed by atoms with Crippen LogP contribution < -0.4 is 4.72 Å². The number of methoxy groups -OCH3 is 1. The summed E-state index contributed by atoms with van der Waals surface area (Å²) in [5, 5.41) is 9.24. The fourth-order valence-corrected chi connectivity index (χ4v) is 2.26. The Morgan fingerprint density at radius 3 is 2.65 bits per heavy atom. The maximum absolute atomic E-state index is 11.4. The summed E-state index contributed by atoms with van der Waals surface area (Å²) >= 11 is 0. The number of carbonyl (C=O) groups is 1. The Morgan fingerprint density at radius 1 is 1.47 bits per heavy atom. The van der Waals surface area contributed by atoms with Gasteiger partial charge in [-0.25, -0.2) is 13.1 Å². The quantitative estimate of drug-likeness (QED) is 0.574. The molecule has 0 heterocycles. The maximum atomic E-state index is 11.4. The summed E-state index contributed by atoms with van der Waals surface area (Å²) in [5.41, 5.74) is 0. The first kappa shape index (κ1) is 16.3. The first-order valence-electron chi connectivity index (χ1n) is 5.63. The second-order valence-corrected chi connectivity index (χ2v) is 5.67. The van der Waals surface area contributed by atoms with Gasteiger partial charge in [-0.3, -0.25) is 4.79 Å². The number of hydrogen-bond acceptors (Lipinski definition) is 5. The highest BCUT2D eigenvalue weighted by Crippen LogP contribution is 1.99. The third-order valence-electron chi connectivity index (χ3n) is 2.29. The summed E-state index contributed by atoms with van der Waals surface area (Å²) in [6, 6.07) is 0. The first-order valence-corrected chi connectivity index (χ1v) is 7.28. The van der Waals surface area contributed by atoms with Crippen molar-refractivity contribution in [2.45, 2.75) is 38.7 Å². The molecule has 0 aliphatic rings. The van der Waals surface area contributed by atoms with Gasteiger partial charge >= 0.3 is 5.97 Å². The largest absolute Gasteiger partial charge is 0.469 e. The molecule has 6 nitrogen and oxygen atoms in total. The van der Waals surface area contributed by atoms with E-state index in [0.29, 0.717) is 12.8 Å². The minimum Gasteiger partial charge on any atom is -0.469 e. The number of carbonyl (C=O) groups excluding carboxylic acids is 1. The molecule has 0 aromatic heterocycles. The van der Waals surface area contributed by atoms with E-state index in [1.165, 1.54) is 7.11 Å². The maximum Gasteiger partial charge on any atom is 0.305 e. The molecule has 0 fully saturated rings. The molecule has 0 spiro atoms. The summed E-state index contributed by atoms with van der Waals surface area (Å²) in [7, 11) is -2.09. The second-order valence-electron chi connectivity index (χ2n) is 3.74. The molecule has 0 amide bonds. The Hall–Kier alpha value is -0.660. The van der Waals surface area contributed by atoms with Crippen LogP contribution in [0.3, 0.4) is 0 Å². The van der Waals surface area contributed by atoms with Crippen LogP contribution in [0.4, 0.5) is 0 Å². The summed E-state index contributed by atoms with van der Waals surface area (Å²) in [6.45, 7) is 2.05. The van der Waals surface area contributed by atoms with Gasteiger partial charge in [0.15, 0.2) is 0 Å². The van der Waals surface area contributed by atoms with Crippen molar-refractivity contribution in [2.24, 2.45) is 0 Å². The van der Waals surface area contributed by atoms with E-state index in [0.717, 1.165) is 0 Å². The van der Waals surface area contributed by atoms with Crippen LogP contribution in [0.15, 0.2) is 0 Å². The second kappa shape index (κ2) is 8.43. The number of nitrogens with one attached hydrogen (secondary N) is 1. The van der Waals surface area contributed by atoms with Crippen molar-refractivity contribution < 1.29 is 23.1 Å². The highest BCUT2D eigenvalue weighted by molar-refractivity contribution is 7.89. The Balaban J connectivity index is 3.77. The van der Waals surface area contributed by atoms with Gasteiger partial charge in [0.1, 0.15) is 0 Å². The molecular formula is C10H21NO5S. The number of hydrogen-bond donors (Lipinski definition) is 2. The van der Waals surface area contributed by atoms with Crippen molar-refractivity contribution in [3.05, 3.63) is 0 Å². The number of rotatable bonds is 9. The minimum absolute atomic E-state index is 0.0923. The van der Waals surface area contributed by atoms with E-state index >= 15 is 0 Å². The van der Waals surface area contributed by atoms with Crippen molar-refractivity contribution in [1.82, 2.24) is 4.72 Å². The van der Waals surface area contributed by atoms with E-state index in [1.807, 2.05) is 6.92 Å². The molecule has 0 rings (SSSR count). The molecule has 0 bridgehead atoms. The van der Waals surface area contributed by atoms with E-state index in [4.69, 9.17) is 0 Å². The molecule has 0 aliphatic heterocycles. The highest BCUT2D eigenvalue weighted by Gasteiger charge is 2.11. The molecule has 7 heteroatoms. The highest BCUT2D eigenvalue weighted by atomic mass is 32.2. The van der Waals surface area contributed by atoms with Crippen LogP contribution in [0.5, 0.6) is 0 Å². The summed E-state index contributed by atoms with van der Waals surface area (Å²) in [5.74, 6) is -0.522. The Bertz CT molecular complexity index is 315. The van der Waals surface area contributed by atoms with E-state index in [1.54, 1.807) is 0 Å². The number of esters is 1. The van der Waals surface area contributed by atoms with Crippen LogP contribution in [-0.2, 0) is 19.6 Å². The van der Waals surface area contributed by atoms with Gasteiger partial charge in [0.25, 0.3) is 0 Å². The molecule has 102 valence electrons. The molecule has 0 radical (unpaired) electrons. The predicted molar refractivity (Wildman–Crippen MR) is 64.0 cm³/mol. The predicted octanol–water partition coefficient (Wildman–Crippen LogP) is 0.0200. The SMILES string of the molecule is CCC(O)CCNS(=O)(=O)CCCC(=O)OC. The fourth-order valence-electron chi connectivity index (χ4n) is 1.17. The monoisotopic (exact) mass is 267 g/mol. The van der Waals surface area contributed by atoms with Crippen LogP contribution in [-0.4, -0.2) is 45.0 Å². The van der Waals surface area contributed by atoms with E-state index in [-0.39, 0.29) is 25.1 Å². The minimum atomic E-state index is -3.36. The van der Waals surface area contributed by atoms with Crippen molar-refractivity contribution in [3.63, 3.8) is 0 Å². The Labute approximate surface area is 102 Å². The summed E-state index contributed by atoms with van der Waals surface area (Å²) < 4.78 is 29.6. The Kier molecular flexibility index (Phi) is 8.11. The molecule has 0 saturated carbocycles. The average Bonchev–Trinajstić information content (AvgIpc) is 2.27. The lowest BCUT2D eigenvalue weighted by Crippen LogP contribution is -2.29. The van der Waals surface area contributed by atoms with Crippen LogP contribution in [0.2, 0.25) is 0 Å². The third-order valence-corrected chi connectivity index (χ3v) is 3.76.